The van der Waals surface area contributed by atoms with Crippen molar-refractivity contribution in [3.05, 3.63) is 35.4 Å². The molecule has 1 aliphatic rings. The average Bonchev–Trinajstić information content (AvgIpc) is 2.54. The second kappa shape index (κ2) is 7.73. The minimum Gasteiger partial charge on any atom is -0.481 e. The number of ketones is 1. The fraction of sp³-hybridized carbons (Fsp3) is 0.579. The molecule has 0 aliphatic carbocycles. The first-order chi connectivity index (χ1) is 10.9. The van der Waals surface area contributed by atoms with Gasteiger partial charge in [-0.15, -0.1) is 0 Å². The van der Waals surface area contributed by atoms with Crippen LogP contribution in [0.15, 0.2) is 24.3 Å². The maximum absolute atomic E-state index is 12.4. The molecule has 0 radical (unpaired) electrons. The molecule has 0 bridgehead atoms. The van der Waals surface area contributed by atoms with E-state index in [9.17, 15) is 9.59 Å². The Hall–Kier alpha value is -1.68. The number of hydrogen-bond donors (Lipinski definition) is 1. The summed E-state index contributed by atoms with van der Waals surface area (Å²) < 4.78 is 0. The van der Waals surface area contributed by atoms with E-state index in [0.29, 0.717) is 25.2 Å². The van der Waals surface area contributed by atoms with Crippen molar-refractivity contribution >= 4 is 11.8 Å². The van der Waals surface area contributed by atoms with Gasteiger partial charge >= 0.3 is 5.97 Å². The molecule has 126 valence electrons. The highest BCUT2D eigenvalue weighted by atomic mass is 16.4. The zero-order valence-electron chi connectivity index (χ0n) is 14.3. The van der Waals surface area contributed by atoms with Gasteiger partial charge in [-0.1, -0.05) is 38.1 Å². The molecule has 23 heavy (non-hydrogen) atoms. The van der Waals surface area contributed by atoms with Crippen LogP contribution in [0.25, 0.3) is 0 Å². The molecule has 0 aromatic heterocycles. The lowest BCUT2D eigenvalue weighted by Crippen LogP contribution is -2.42. The minimum absolute atomic E-state index is 0.155. The van der Waals surface area contributed by atoms with Gasteiger partial charge in [0.1, 0.15) is 0 Å². The van der Waals surface area contributed by atoms with E-state index in [0.717, 1.165) is 18.7 Å². The maximum atomic E-state index is 12.4. The van der Waals surface area contributed by atoms with Crippen LogP contribution in [0, 0.1) is 5.92 Å². The number of piperidine rings is 1. The lowest BCUT2D eigenvalue weighted by atomic mass is 9.94. The van der Waals surface area contributed by atoms with Gasteiger partial charge in [0.15, 0.2) is 5.78 Å². The lowest BCUT2D eigenvalue weighted by molar-refractivity contribution is -0.143. The summed E-state index contributed by atoms with van der Waals surface area (Å²) in [5.41, 5.74) is 2.01. The molecule has 1 aromatic carbocycles. The van der Waals surface area contributed by atoms with Crippen molar-refractivity contribution in [2.45, 2.75) is 52.0 Å². The highest BCUT2D eigenvalue weighted by molar-refractivity contribution is 5.96. The van der Waals surface area contributed by atoms with Crippen LogP contribution in [0.5, 0.6) is 0 Å². The summed E-state index contributed by atoms with van der Waals surface area (Å²) in [6.45, 7) is 7.86. The number of nitrogens with zero attached hydrogens (tertiary/aromatic N) is 1. The molecule has 1 heterocycles. The van der Waals surface area contributed by atoms with Crippen molar-refractivity contribution in [3.8, 4) is 0 Å². The van der Waals surface area contributed by atoms with Gasteiger partial charge in [0.25, 0.3) is 0 Å². The van der Waals surface area contributed by atoms with Crippen molar-refractivity contribution in [1.82, 2.24) is 4.90 Å². The van der Waals surface area contributed by atoms with E-state index in [1.165, 1.54) is 5.56 Å². The molecule has 4 nitrogen and oxygen atoms in total. The predicted molar refractivity (Wildman–Crippen MR) is 90.9 cm³/mol. The summed E-state index contributed by atoms with van der Waals surface area (Å²) in [6.07, 6.45) is 1.84. The molecule has 0 saturated carbocycles. The van der Waals surface area contributed by atoms with Crippen molar-refractivity contribution in [2.24, 2.45) is 5.92 Å². The topological polar surface area (TPSA) is 57.6 Å². The Morgan fingerprint density at radius 2 is 1.70 bits per heavy atom. The smallest absolute Gasteiger partial charge is 0.306 e. The van der Waals surface area contributed by atoms with Gasteiger partial charge in [0.2, 0.25) is 0 Å². The van der Waals surface area contributed by atoms with Crippen LogP contribution in [-0.4, -0.2) is 40.9 Å². The molecular weight excluding hydrogens is 290 g/mol. The molecule has 1 aromatic rings. The van der Waals surface area contributed by atoms with E-state index in [4.69, 9.17) is 5.11 Å². The Kier molecular flexibility index (Phi) is 5.94. The number of rotatable bonds is 6. The van der Waals surface area contributed by atoms with E-state index < -0.39 is 5.97 Å². The van der Waals surface area contributed by atoms with Gasteiger partial charge < -0.3 is 10.0 Å². The van der Waals surface area contributed by atoms with Gasteiger partial charge in [-0.3, -0.25) is 9.59 Å². The maximum Gasteiger partial charge on any atom is 0.306 e. The third-order valence-corrected chi connectivity index (χ3v) is 4.88. The van der Waals surface area contributed by atoms with Crippen LogP contribution in [0.2, 0.25) is 0 Å². The molecule has 0 amide bonds. The molecule has 1 unspecified atom stereocenters. The number of hydrogen-bond acceptors (Lipinski definition) is 3. The number of aliphatic carboxylic acids is 1. The number of Topliss-reactive ketones (excluding diaryl/α,β-unsaturated/α-hetero) is 1. The van der Waals surface area contributed by atoms with Crippen LogP contribution in [-0.2, 0) is 4.79 Å². The van der Waals surface area contributed by atoms with Crippen LogP contribution in [0.3, 0.4) is 0 Å². The highest BCUT2D eigenvalue weighted by Gasteiger charge is 2.27. The average molecular weight is 317 g/mol. The van der Waals surface area contributed by atoms with Crippen molar-refractivity contribution < 1.29 is 14.7 Å². The fourth-order valence-corrected chi connectivity index (χ4v) is 3.16. The second-order valence-corrected chi connectivity index (χ2v) is 6.90. The molecule has 0 spiro atoms. The van der Waals surface area contributed by atoms with Crippen molar-refractivity contribution in [2.75, 3.05) is 13.1 Å². The van der Waals surface area contributed by atoms with E-state index in [1.807, 2.05) is 24.3 Å². The van der Waals surface area contributed by atoms with Gasteiger partial charge in [0.05, 0.1) is 5.92 Å². The van der Waals surface area contributed by atoms with Crippen LogP contribution < -0.4 is 0 Å². The summed E-state index contributed by atoms with van der Waals surface area (Å²) in [5, 5.41) is 9.05. The first-order valence-electron chi connectivity index (χ1n) is 8.48. The summed E-state index contributed by atoms with van der Waals surface area (Å²) in [4.78, 5) is 25.7. The normalized spacial score (nSPS) is 18.1. The van der Waals surface area contributed by atoms with Gasteiger partial charge in [0, 0.05) is 18.0 Å². The molecule has 4 heteroatoms. The highest BCUT2D eigenvalue weighted by Crippen LogP contribution is 2.21. The fourth-order valence-electron chi connectivity index (χ4n) is 3.16. The van der Waals surface area contributed by atoms with Crippen molar-refractivity contribution in [1.29, 1.82) is 0 Å². The quantitative estimate of drug-likeness (QED) is 0.815. The number of benzene rings is 1. The molecular formula is C19H27NO3. The number of carbonyl (C=O) groups excluding carboxylic acids is 1. The zero-order chi connectivity index (χ0) is 17.0. The summed E-state index contributed by atoms with van der Waals surface area (Å²) in [5.74, 6) is -0.293. The molecule has 1 N–H and O–H groups in total. The standard InChI is InChI=1S/C19H27NO3/c1-13(2)15-4-6-16(7-5-15)18(21)12-14(3)20-10-8-17(9-11-20)19(22)23/h4-7,13-14,17H,8-12H2,1-3H3,(H,22,23). The largest absolute Gasteiger partial charge is 0.481 e. The first kappa shape index (κ1) is 17.7. The summed E-state index contributed by atoms with van der Waals surface area (Å²) >= 11 is 0. The van der Waals surface area contributed by atoms with E-state index in [1.54, 1.807) is 0 Å². The summed E-state index contributed by atoms with van der Waals surface area (Å²) in [7, 11) is 0. The monoisotopic (exact) mass is 317 g/mol. The summed E-state index contributed by atoms with van der Waals surface area (Å²) in [6, 6.07) is 8.05. The number of carboxylic acid groups (broad SMARTS) is 1. The molecule has 1 fully saturated rings. The second-order valence-electron chi connectivity index (χ2n) is 6.90. The SMILES string of the molecule is CC(C)c1ccc(C(=O)CC(C)N2CCC(C(=O)O)CC2)cc1. The van der Waals surface area contributed by atoms with E-state index >= 15 is 0 Å². The Labute approximate surface area is 138 Å². The van der Waals surface area contributed by atoms with Crippen LogP contribution >= 0.6 is 0 Å². The number of carboxylic acids is 1. The van der Waals surface area contributed by atoms with E-state index in [2.05, 4.69) is 25.7 Å². The van der Waals surface area contributed by atoms with Gasteiger partial charge in [-0.25, -0.2) is 0 Å². The molecule has 1 atom stereocenters. The van der Waals surface area contributed by atoms with E-state index in [-0.39, 0.29) is 17.7 Å². The van der Waals surface area contributed by atoms with Gasteiger partial charge in [-0.05, 0) is 44.3 Å². The zero-order valence-corrected chi connectivity index (χ0v) is 14.3. The van der Waals surface area contributed by atoms with Gasteiger partial charge in [-0.2, -0.15) is 0 Å². The third kappa shape index (κ3) is 4.64. The Morgan fingerprint density at radius 1 is 1.13 bits per heavy atom. The Bertz CT molecular complexity index is 542. The molecule has 1 aliphatic heterocycles. The minimum atomic E-state index is -0.696. The van der Waals surface area contributed by atoms with Crippen molar-refractivity contribution in [3.63, 3.8) is 0 Å². The molecule has 1 saturated heterocycles. The van der Waals surface area contributed by atoms with Crippen LogP contribution in [0.1, 0.15) is 61.9 Å². The molecule has 2 rings (SSSR count). The Morgan fingerprint density at radius 3 is 2.17 bits per heavy atom. The first-order valence-corrected chi connectivity index (χ1v) is 8.48. The third-order valence-electron chi connectivity index (χ3n) is 4.88. The predicted octanol–water partition coefficient (Wildman–Crippen LogP) is 3.57. The number of likely N-dealkylation sites (tertiary alicyclic amines) is 1. The number of carbonyl (C=O) groups is 2. The van der Waals surface area contributed by atoms with Crippen LogP contribution in [0.4, 0.5) is 0 Å². The lowest BCUT2D eigenvalue weighted by Gasteiger charge is -2.34. The Balaban J connectivity index is 1.88.